The van der Waals surface area contributed by atoms with Crippen molar-refractivity contribution in [3.05, 3.63) is 47.5 Å². The molecule has 7 nitrogen and oxygen atoms in total. The average Bonchev–Trinajstić information content (AvgIpc) is 2.66. The fraction of sp³-hybridized carbons (Fsp3) is 0.381. The molecule has 158 valence electrons. The number of ether oxygens (including phenoxy) is 3. The Labute approximate surface area is 172 Å². The van der Waals surface area contributed by atoms with Gasteiger partial charge in [0, 0.05) is 0 Å². The molecule has 0 heterocycles. The first-order valence-corrected chi connectivity index (χ1v) is 10.7. The van der Waals surface area contributed by atoms with Crippen molar-refractivity contribution in [3.8, 4) is 11.5 Å². The highest BCUT2D eigenvalue weighted by Crippen LogP contribution is 2.32. The SMILES string of the molecule is COc1ccc(C(=O)OC(C)C)cc1NS(=O)(=O)c1ccc(OC)c(C(C)C)c1. The van der Waals surface area contributed by atoms with Crippen LogP contribution < -0.4 is 14.2 Å². The molecule has 0 saturated heterocycles. The molecule has 29 heavy (non-hydrogen) atoms. The van der Waals surface area contributed by atoms with Crippen molar-refractivity contribution in [3.63, 3.8) is 0 Å². The Morgan fingerprint density at radius 2 is 1.55 bits per heavy atom. The number of esters is 1. The topological polar surface area (TPSA) is 90.9 Å². The van der Waals surface area contributed by atoms with Gasteiger partial charge in [-0.2, -0.15) is 0 Å². The van der Waals surface area contributed by atoms with Crippen molar-refractivity contribution in [1.82, 2.24) is 0 Å². The Balaban J connectivity index is 2.43. The molecule has 0 amide bonds. The lowest BCUT2D eigenvalue weighted by Crippen LogP contribution is -2.16. The molecule has 2 aromatic carbocycles. The fourth-order valence-electron chi connectivity index (χ4n) is 2.73. The number of hydrogen-bond donors (Lipinski definition) is 1. The van der Waals surface area contributed by atoms with Crippen LogP contribution in [-0.4, -0.2) is 34.7 Å². The summed E-state index contributed by atoms with van der Waals surface area (Å²) in [6, 6.07) is 9.10. The first-order chi connectivity index (χ1) is 13.6. The summed E-state index contributed by atoms with van der Waals surface area (Å²) in [5, 5.41) is 0. The van der Waals surface area contributed by atoms with Gasteiger partial charge in [-0.15, -0.1) is 0 Å². The second kappa shape index (κ2) is 9.17. The molecule has 0 fully saturated rings. The van der Waals surface area contributed by atoms with E-state index >= 15 is 0 Å². The Hall–Kier alpha value is -2.74. The van der Waals surface area contributed by atoms with Crippen LogP contribution in [0.25, 0.3) is 0 Å². The van der Waals surface area contributed by atoms with Crippen LogP contribution in [0.2, 0.25) is 0 Å². The summed E-state index contributed by atoms with van der Waals surface area (Å²) in [6.45, 7) is 7.38. The molecule has 0 radical (unpaired) electrons. The van der Waals surface area contributed by atoms with Gasteiger partial charge in [0.05, 0.1) is 36.5 Å². The Kier molecular flexibility index (Phi) is 7.13. The largest absolute Gasteiger partial charge is 0.496 e. The minimum absolute atomic E-state index is 0.0729. The summed E-state index contributed by atoms with van der Waals surface area (Å²) in [4.78, 5) is 12.3. The molecular weight excluding hydrogens is 394 g/mol. The van der Waals surface area contributed by atoms with Crippen molar-refractivity contribution in [1.29, 1.82) is 0 Å². The van der Waals surface area contributed by atoms with Crippen LogP contribution in [0.1, 0.15) is 49.5 Å². The maximum Gasteiger partial charge on any atom is 0.338 e. The zero-order valence-electron chi connectivity index (χ0n) is 17.5. The van der Waals surface area contributed by atoms with Crippen LogP contribution in [0, 0.1) is 0 Å². The molecule has 0 aliphatic carbocycles. The number of carbonyl (C=O) groups excluding carboxylic acids is 1. The number of carbonyl (C=O) groups is 1. The normalized spacial score (nSPS) is 11.4. The monoisotopic (exact) mass is 421 g/mol. The zero-order valence-corrected chi connectivity index (χ0v) is 18.3. The summed E-state index contributed by atoms with van der Waals surface area (Å²) < 4.78 is 44.2. The standard InChI is InChI=1S/C21H27NO6S/c1-13(2)17-12-16(8-10-19(17)26-5)29(24,25)22-18-11-15(7-9-20(18)27-6)21(23)28-14(3)4/h7-14,22H,1-6H3. The van der Waals surface area contributed by atoms with E-state index < -0.39 is 16.0 Å². The van der Waals surface area contributed by atoms with E-state index in [0.29, 0.717) is 5.75 Å². The van der Waals surface area contributed by atoms with Crippen molar-refractivity contribution in [2.75, 3.05) is 18.9 Å². The van der Waals surface area contributed by atoms with Crippen LogP contribution in [0.3, 0.4) is 0 Å². The molecule has 0 aliphatic heterocycles. The van der Waals surface area contributed by atoms with Gasteiger partial charge in [0.25, 0.3) is 10.0 Å². The molecule has 2 rings (SSSR count). The molecule has 0 aromatic heterocycles. The van der Waals surface area contributed by atoms with E-state index in [0.717, 1.165) is 5.56 Å². The quantitative estimate of drug-likeness (QED) is 0.643. The summed E-state index contributed by atoms with van der Waals surface area (Å²) in [7, 11) is -0.968. The van der Waals surface area contributed by atoms with Gasteiger partial charge in [0.1, 0.15) is 11.5 Å². The molecule has 2 aromatic rings. The van der Waals surface area contributed by atoms with Gasteiger partial charge >= 0.3 is 5.97 Å². The average molecular weight is 422 g/mol. The molecule has 0 saturated carbocycles. The van der Waals surface area contributed by atoms with Crippen LogP contribution in [0.5, 0.6) is 11.5 Å². The van der Waals surface area contributed by atoms with E-state index in [1.807, 2.05) is 13.8 Å². The smallest absolute Gasteiger partial charge is 0.338 e. The summed E-state index contributed by atoms with van der Waals surface area (Å²) in [5.74, 6) is 0.431. The van der Waals surface area contributed by atoms with Crippen molar-refractivity contribution >= 4 is 21.7 Å². The highest BCUT2D eigenvalue weighted by molar-refractivity contribution is 7.92. The minimum atomic E-state index is -3.93. The number of sulfonamides is 1. The van der Waals surface area contributed by atoms with Crippen molar-refractivity contribution in [2.24, 2.45) is 0 Å². The molecular formula is C21H27NO6S. The third-order valence-electron chi connectivity index (χ3n) is 4.16. The molecule has 0 spiro atoms. The van der Waals surface area contributed by atoms with Gasteiger partial charge in [-0.25, -0.2) is 13.2 Å². The third-order valence-corrected chi connectivity index (χ3v) is 5.52. The van der Waals surface area contributed by atoms with Crippen LogP contribution in [0.15, 0.2) is 41.3 Å². The van der Waals surface area contributed by atoms with Crippen molar-refractivity contribution < 1.29 is 27.4 Å². The van der Waals surface area contributed by atoms with Crippen LogP contribution in [0.4, 0.5) is 5.69 Å². The minimum Gasteiger partial charge on any atom is -0.496 e. The molecule has 0 aliphatic rings. The maximum atomic E-state index is 13.0. The van der Waals surface area contributed by atoms with Gasteiger partial charge in [0.15, 0.2) is 0 Å². The van der Waals surface area contributed by atoms with Gasteiger partial charge < -0.3 is 14.2 Å². The van der Waals surface area contributed by atoms with Crippen LogP contribution >= 0.6 is 0 Å². The lowest BCUT2D eigenvalue weighted by Gasteiger charge is -2.16. The van der Waals surface area contributed by atoms with E-state index in [2.05, 4.69) is 4.72 Å². The summed E-state index contributed by atoms with van der Waals surface area (Å²) >= 11 is 0. The van der Waals surface area contributed by atoms with Gasteiger partial charge in [0.2, 0.25) is 0 Å². The van der Waals surface area contributed by atoms with E-state index in [1.165, 1.54) is 31.4 Å². The summed E-state index contributed by atoms with van der Waals surface area (Å²) in [5.41, 5.74) is 1.14. The third kappa shape index (κ3) is 5.41. The van der Waals surface area contributed by atoms with Crippen LogP contribution in [-0.2, 0) is 14.8 Å². The van der Waals surface area contributed by atoms with Gasteiger partial charge in [-0.1, -0.05) is 13.8 Å². The molecule has 0 bridgehead atoms. The number of nitrogens with one attached hydrogen (secondary N) is 1. The molecule has 8 heteroatoms. The lowest BCUT2D eigenvalue weighted by molar-refractivity contribution is 0.0378. The Morgan fingerprint density at radius 1 is 0.931 bits per heavy atom. The number of anilines is 1. The second-order valence-electron chi connectivity index (χ2n) is 7.03. The highest BCUT2D eigenvalue weighted by Gasteiger charge is 2.21. The Bertz CT molecular complexity index is 983. The number of rotatable bonds is 8. The molecule has 0 atom stereocenters. The van der Waals surface area contributed by atoms with E-state index in [-0.39, 0.29) is 33.9 Å². The first-order valence-electron chi connectivity index (χ1n) is 9.18. The summed E-state index contributed by atoms with van der Waals surface area (Å²) in [6.07, 6.45) is -0.293. The lowest BCUT2D eigenvalue weighted by atomic mass is 10.0. The van der Waals surface area contributed by atoms with Gasteiger partial charge in [-0.05, 0) is 61.7 Å². The second-order valence-corrected chi connectivity index (χ2v) is 8.72. The Morgan fingerprint density at radius 3 is 2.10 bits per heavy atom. The predicted molar refractivity (Wildman–Crippen MR) is 111 cm³/mol. The number of benzene rings is 2. The number of hydrogen-bond acceptors (Lipinski definition) is 6. The number of methoxy groups -OCH3 is 2. The fourth-order valence-corrected chi connectivity index (χ4v) is 3.83. The molecule has 0 unspecified atom stereocenters. The maximum absolute atomic E-state index is 13.0. The first kappa shape index (κ1) is 22.5. The predicted octanol–water partition coefficient (Wildman–Crippen LogP) is 4.19. The van der Waals surface area contributed by atoms with Crippen molar-refractivity contribution in [2.45, 2.75) is 44.6 Å². The van der Waals surface area contributed by atoms with Gasteiger partial charge in [-0.3, -0.25) is 4.72 Å². The van der Waals surface area contributed by atoms with E-state index in [9.17, 15) is 13.2 Å². The van der Waals surface area contributed by atoms with E-state index in [4.69, 9.17) is 14.2 Å². The zero-order chi connectivity index (χ0) is 21.8. The van der Waals surface area contributed by atoms with E-state index in [1.54, 1.807) is 33.1 Å². The highest BCUT2D eigenvalue weighted by atomic mass is 32.2. The molecule has 1 N–H and O–H groups in total.